The number of anilines is 2. The predicted octanol–water partition coefficient (Wildman–Crippen LogP) is 5.52. The van der Waals surface area contributed by atoms with Gasteiger partial charge >= 0.3 is 0 Å². The number of rotatable bonds is 7. The number of nitrogens with two attached hydrogens (primary N) is 1. The van der Waals surface area contributed by atoms with Crippen LogP contribution < -0.4 is 15.8 Å². The normalized spacial score (nSPS) is 11.1. The Morgan fingerprint density at radius 2 is 1.74 bits per heavy atom. The van der Waals surface area contributed by atoms with Crippen molar-refractivity contribution in [2.24, 2.45) is 0 Å². The summed E-state index contributed by atoms with van der Waals surface area (Å²) in [5, 5.41) is 8.91. The lowest BCUT2D eigenvalue weighted by Crippen LogP contribution is -2.09. The van der Waals surface area contributed by atoms with E-state index in [-0.39, 0.29) is 0 Å². The second kappa shape index (κ2) is 9.60. The Bertz CT molecular complexity index is 1490. The summed E-state index contributed by atoms with van der Waals surface area (Å²) in [7, 11) is 1.64. The van der Waals surface area contributed by atoms with E-state index in [1.54, 1.807) is 54.3 Å². The minimum atomic E-state index is -0.407. The Kier molecular flexibility index (Phi) is 6.20. The fourth-order valence-electron chi connectivity index (χ4n) is 3.83. The molecule has 9 heteroatoms. The first-order chi connectivity index (χ1) is 17.0. The number of aromatic nitrogens is 4. The molecule has 5 aromatic rings. The van der Waals surface area contributed by atoms with Crippen molar-refractivity contribution in [2.75, 3.05) is 24.7 Å². The van der Waals surface area contributed by atoms with E-state index in [1.807, 2.05) is 24.3 Å². The molecule has 0 aliphatic rings. The first-order valence-electron chi connectivity index (χ1n) is 11.0. The van der Waals surface area contributed by atoms with Crippen LogP contribution in [0.2, 0.25) is 5.02 Å². The van der Waals surface area contributed by atoms with Crippen LogP contribution in [0.5, 0.6) is 5.75 Å². The van der Waals surface area contributed by atoms with Crippen LogP contribution in [0.15, 0.2) is 72.8 Å². The summed E-state index contributed by atoms with van der Waals surface area (Å²) in [4.78, 5) is 9.21. The van der Waals surface area contributed by atoms with E-state index in [1.165, 1.54) is 6.07 Å². The number of hydrogen-bond donors (Lipinski definition) is 2. The van der Waals surface area contributed by atoms with E-state index in [0.717, 1.165) is 17.7 Å². The Balaban J connectivity index is 1.53. The fraction of sp³-hybridized carbons (Fsp3) is 0.115. The lowest BCUT2D eigenvalue weighted by Gasteiger charge is -2.09. The molecule has 0 aliphatic carbocycles. The van der Waals surface area contributed by atoms with Gasteiger partial charge in [-0.25, -0.2) is 14.1 Å². The summed E-state index contributed by atoms with van der Waals surface area (Å²) >= 11 is 6.03. The molecule has 176 valence electrons. The highest BCUT2D eigenvalue weighted by Gasteiger charge is 2.21. The number of halogens is 2. The van der Waals surface area contributed by atoms with Crippen molar-refractivity contribution in [1.82, 2.24) is 19.7 Å². The maximum atomic E-state index is 14.8. The van der Waals surface area contributed by atoms with Crippen molar-refractivity contribution in [1.29, 1.82) is 0 Å². The van der Waals surface area contributed by atoms with Crippen molar-refractivity contribution in [2.45, 2.75) is 6.42 Å². The highest BCUT2D eigenvalue weighted by atomic mass is 35.5. The number of ether oxygens (including phenoxy) is 1. The molecule has 3 aromatic carbocycles. The van der Waals surface area contributed by atoms with Crippen LogP contribution in [0.4, 0.5) is 16.2 Å². The van der Waals surface area contributed by atoms with Gasteiger partial charge in [0.2, 0.25) is 5.95 Å². The predicted molar refractivity (Wildman–Crippen MR) is 137 cm³/mol. The molecule has 0 atom stereocenters. The summed E-state index contributed by atoms with van der Waals surface area (Å²) in [5.74, 6) is 1.05. The van der Waals surface area contributed by atoms with Gasteiger partial charge in [-0.3, -0.25) is 0 Å². The number of nitrogen functional groups attached to an aromatic ring is 1. The Hall–Kier alpha value is -4.17. The third kappa shape index (κ3) is 4.61. The van der Waals surface area contributed by atoms with E-state index in [0.29, 0.717) is 51.3 Å². The Morgan fingerprint density at radius 3 is 2.46 bits per heavy atom. The molecule has 0 bridgehead atoms. The minimum Gasteiger partial charge on any atom is -0.497 e. The molecule has 2 aromatic heterocycles. The molecule has 0 saturated heterocycles. The summed E-state index contributed by atoms with van der Waals surface area (Å²) in [6, 6.07) is 21.4. The summed E-state index contributed by atoms with van der Waals surface area (Å²) in [6.45, 7) is 0.571. The van der Waals surface area contributed by atoms with Gasteiger partial charge in [-0.1, -0.05) is 35.9 Å². The average Bonchev–Trinajstić information content (AvgIpc) is 3.21. The number of methoxy groups -OCH3 is 1. The monoisotopic (exact) mass is 488 g/mol. The Morgan fingerprint density at radius 1 is 1.00 bits per heavy atom. The zero-order chi connectivity index (χ0) is 24.4. The number of nitrogens with zero attached hydrogens (tertiary/aromatic N) is 4. The topological polar surface area (TPSA) is 90.9 Å². The van der Waals surface area contributed by atoms with Crippen LogP contribution in [0.25, 0.3) is 28.0 Å². The van der Waals surface area contributed by atoms with Crippen molar-refractivity contribution in [3.8, 4) is 22.7 Å². The van der Waals surface area contributed by atoms with Gasteiger partial charge in [0.1, 0.15) is 17.4 Å². The van der Waals surface area contributed by atoms with Gasteiger partial charge in [0.15, 0.2) is 5.65 Å². The van der Waals surface area contributed by atoms with Crippen LogP contribution in [0.3, 0.4) is 0 Å². The molecule has 3 N–H and O–H groups in total. The molecule has 0 radical (unpaired) electrons. The fourth-order valence-corrected chi connectivity index (χ4v) is 3.95. The zero-order valence-electron chi connectivity index (χ0n) is 18.9. The zero-order valence-corrected chi connectivity index (χ0v) is 19.6. The smallest absolute Gasteiger partial charge is 0.225 e. The standard InChI is InChI=1S/C26H22ClFN6O/c1-35-19-12-6-16(7-13-19)14-15-30-26-31-23(20-4-2-3-5-21(20)28)22-24(29)34(33-25(22)32-26)18-10-8-17(27)9-11-18/h2-13H,14-15,29H2,1H3,(H,30,32,33). The largest absolute Gasteiger partial charge is 0.497 e. The van der Waals surface area contributed by atoms with Gasteiger partial charge in [0.25, 0.3) is 0 Å². The molecule has 0 amide bonds. The average molecular weight is 489 g/mol. The SMILES string of the molecule is COc1ccc(CCNc2nc(-c3ccccc3F)c3c(N)n(-c4ccc(Cl)cc4)nc3n2)cc1. The molecule has 2 heterocycles. The van der Waals surface area contributed by atoms with Gasteiger partial charge in [0, 0.05) is 17.1 Å². The van der Waals surface area contributed by atoms with Crippen LogP contribution in [-0.4, -0.2) is 33.4 Å². The van der Waals surface area contributed by atoms with E-state index in [9.17, 15) is 4.39 Å². The van der Waals surface area contributed by atoms with E-state index < -0.39 is 5.82 Å². The molecular weight excluding hydrogens is 467 g/mol. The molecular formula is C26H22ClFN6O. The third-order valence-electron chi connectivity index (χ3n) is 5.62. The van der Waals surface area contributed by atoms with E-state index in [2.05, 4.69) is 20.4 Å². The van der Waals surface area contributed by atoms with Crippen LogP contribution >= 0.6 is 11.6 Å². The third-order valence-corrected chi connectivity index (χ3v) is 5.88. The number of fused-ring (bicyclic) bond motifs is 1. The molecule has 7 nitrogen and oxygen atoms in total. The van der Waals surface area contributed by atoms with E-state index in [4.69, 9.17) is 22.1 Å². The summed E-state index contributed by atoms with van der Waals surface area (Å²) in [5.41, 5.74) is 9.37. The highest BCUT2D eigenvalue weighted by molar-refractivity contribution is 6.30. The lowest BCUT2D eigenvalue weighted by atomic mass is 10.1. The summed E-state index contributed by atoms with van der Waals surface area (Å²) in [6.07, 6.45) is 0.738. The molecule has 0 aliphatic heterocycles. The van der Waals surface area contributed by atoms with Gasteiger partial charge < -0.3 is 15.8 Å². The maximum absolute atomic E-state index is 14.8. The number of benzene rings is 3. The van der Waals surface area contributed by atoms with Crippen molar-refractivity contribution in [3.63, 3.8) is 0 Å². The van der Waals surface area contributed by atoms with E-state index >= 15 is 0 Å². The van der Waals surface area contributed by atoms with Crippen LogP contribution in [-0.2, 0) is 6.42 Å². The number of hydrogen-bond acceptors (Lipinski definition) is 6. The Labute approximate surface area is 206 Å². The van der Waals surface area contributed by atoms with Crippen LogP contribution in [0.1, 0.15) is 5.56 Å². The van der Waals surface area contributed by atoms with Gasteiger partial charge in [-0.2, -0.15) is 4.98 Å². The second-order valence-corrected chi connectivity index (χ2v) is 8.31. The van der Waals surface area contributed by atoms with Crippen LogP contribution in [0, 0.1) is 5.82 Å². The quantitative estimate of drug-likeness (QED) is 0.313. The lowest BCUT2D eigenvalue weighted by molar-refractivity contribution is 0.414. The van der Waals surface area contributed by atoms with Crippen molar-refractivity contribution in [3.05, 3.63) is 89.2 Å². The molecule has 5 rings (SSSR count). The van der Waals surface area contributed by atoms with Gasteiger partial charge in [-0.15, -0.1) is 5.10 Å². The molecule has 0 spiro atoms. The van der Waals surface area contributed by atoms with Gasteiger partial charge in [-0.05, 0) is 60.5 Å². The summed E-state index contributed by atoms with van der Waals surface area (Å²) < 4.78 is 21.6. The molecule has 0 saturated carbocycles. The molecule has 0 unspecified atom stereocenters. The molecule has 35 heavy (non-hydrogen) atoms. The first kappa shape index (κ1) is 22.6. The van der Waals surface area contributed by atoms with Crippen molar-refractivity contribution < 1.29 is 9.13 Å². The maximum Gasteiger partial charge on any atom is 0.225 e. The van der Waals surface area contributed by atoms with Crippen molar-refractivity contribution >= 4 is 34.4 Å². The minimum absolute atomic E-state index is 0.311. The van der Waals surface area contributed by atoms with Gasteiger partial charge in [0.05, 0.1) is 23.9 Å². The second-order valence-electron chi connectivity index (χ2n) is 7.87. The molecule has 0 fully saturated rings. The first-order valence-corrected chi connectivity index (χ1v) is 11.3. The number of nitrogens with one attached hydrogen (secondary N) is 1. The highest BCUT2D eigenvalue weighted by Crippen LogP contribution is 2.34.